The molecule has 0 radical (unpaired) electrons. The Bertz CT molecular complexity index is 1640. The maximum Gasteiger partial charge on any atom is 0.161 e. The van der Waals surface area contributed by atoms with Crippen molar-refractivity contribution >= 4 is 21.7 Å². The van der Waals surface area contributed by atoms with Crippen molar-refractivity contribution in [1.82, 2.24) is 10.2 Å². The zero-order valence-corrected chi connectivity index (χ0v) is 19.4. The van der Waals surface area contributed by atoms with Crippen LogP contribution in [-0.2, 0) is 6.61 Å². The molecule has 6 aromatic rings. The van der Waals surface area contributed by atoms with Gasteiger partial charge in [0.1, 0.15) is 6.61 Å². The first kappa shape index (κ1) is 21.0. The van der Waals surface area contributed by atoms with E-state index >= 15 is 0 Å². The van der Waals surface area contributed by atoms with Crippen LogP contribution in [-0.4, -0.2) is 17.3 Å². The van der Waals surface area contributed by atoms with Gasteiger partial charge in [0.2, 0.25) is 0 Å². The van der Waals surface area contributed by atoms with Gasteiger partial charge < -0.3 is 9.47 Å². The van der Waals surface area contributed by atoms with Crippen molar-refractivity contribution in [3.05, 3.63) is 115 Å². The Hall–Kier alpha value is -4.57. The van der Waals surface area contributed by atoms with Gasteiger partial charge in [0, 0.05) is 10.9 Å². The number of benzene rings is 5. The Balaban J connectivity index is 1.30. The number of nitrogens with zero attached hydrogens (tertiary/aromatic N) is 1. The summed E-state index contributed by atoms with van der Waals surface area (Å²) in [7, 11) is 1.67. The normalized spacial score (nSPS) is 11.1. The van der Waals surface area contributed by atoms with Gasteiger partial charge in [-0.15, -0.1) is 0 Å². The molecule has 0 aliphatic heterocycles. The number of nitrogens with one attached hydrogen (secondary N) is 1. The number of hydrogen-bond donors (Lipinski definition) is 1. The molecular weight excluding hydrogens is 432 g/mol. The zero-order chi connectivity index (χ0) is 23.6. The fraction of sp³-hybridized carbons (Fsp3) is 0.0645. The molecule has 1 heterocycles. The summed E-state index contributed by atoms with van der Waals surface area (Å²) < 4.78 is 11.7. The standard InChI is InChI=1S/C31H24N2O2/c1-34-30-19-25(14-16-29(30)35-20-21-7-3-2-4-8-21)24-13-15-27-28(18-24)32-33-31(27)26-12-11-22-9-5-6-10-23(22)17-26/h2-19H,20H2,1H3,(H,32,33). The number of H-pyrrole nitrogens is 1. The van der Waals surface area contributed by atoms with Crippen LogP contribution >= 0.6 is 0 Å². The second kappa shape index (κ2) is 8.99. The summed E-state index contributed by atoms with van der Waals surface area (Å²) in [5, 5.41) is 11.4. The minimum Gasteiger partial charge on any atom is -0.493 e. The maximum absolute atomic E-state index is 6.02. The molecule has 0 saturated carbocycles. The van der Waals surface area contributed by atoms with Crippen molar-refractivity contribution in [1.29, 1.82) is 0 Å². The summed E-state index contributed by atoms with van der Waals surface area (Å²) in [5.74, 6) is 1.43. The summed E-state index contributed by atoms with van der Waals surface area (Å²) >= 11 is 0. The smallest absolute Gasteiger partial charge is 0.161 e. The highest BCUT2D eigenvalue weighted by Crippen LogP contribution is 2.35. The SMILES string of the molecule is COc1cc(-c2ccc3c(-c4ccc5ccccc5c4)n[nH]c3c2)ccc1OCc1ccccc1. The molecule has 0 bridgehead atoms. The van der Waals surface area contributed by atoms with Crippen LogP contribution in [0, 0.1) is 0 Å². The molecule has 0 atom stereocenters. The number of aromatic amines is 1. The van der Waals surface area contributed by atoms with E-state index in [1.54, 1.807) is 7.11 Å². The number of methoxy groups -OCH3 is 1. The highest BCUT2D eigenvalue weighted by atomic mass is 16.5. The Morgan fingerprint density at radius 2 is 1.40 bits per heavy atom. The number of ether oxygens (including phenoxy) is 2. The Morgan fingerprint density at radius 1 is 0.657 bits per heavy atom. The Labute approximate surface area is 203 Å². The fourth-order valence-corrected chi connectivity index (χ4v) is 4.46. The van der Waals surface area contributed by atoms with Gasteiger partial charge in [-0.2, -0.15) is 5.10 Å². The van der Waals surface area contributed by atoms with Crippen LogP contribution in [0.15, 0.2) is 109 Å². The summed E-state index contributed by atoms with van der Waals surface area (Å²) in [6.07, 6.45) is 0. The van der Waals surface area contributed by atoms with Crippen LogP contribution in [0.3, 0.4) is 0 Å². The number of fused-ring (bicyclic) bond motifs is 2. The highest BCUT2D eigenvalue weighted by molar-refractivity contribution is 5.97. The first-order valence-electron chi connectivity index (χ1n) is 11.6. The van der Waals surface area contributed by atoms with Gasteiger partial charge in [-0.1, -0.05) is 78.9 Å². The third-order valence-corrected chi connectivity index (χ3v) is 6.32. The first-order valence-corrected chi connectivity index (χ1v) is 11.6. The summed E-state index contributed by atoms with van der Waals surface area (Å²) in [6, 6.07) is 37.4. The largest absolute Gasteiger partial charge is 0.493 e. The quantitative estimate of drug-likeness (QED) is 0.280. The molecule has 0 amide bonds. The number of aromatic nitrogens is 2. The molecular formula is C31H24N2O2. The molecule has 0 unspecified atom stereocenters. The molecule has 1 N–H and O–H groups in total. The zero-order valence-electron chi connectivity index (χ0n) is 19.4. The molecule has 6 rings (SSSR count). The molecule has 170 valence electrons. The monoisotopic (exact) mass is 456 g/mol. The molecule has 1 aromatic heterocycles. The molecule has 0 fully saturated rings. The van der Waals surface area contributed by atoms with Gasteiger partial charge >= 0.3 is 0 Å². The van der Waals surface area contributed by atoms with E-state index in [9.17, 15) is 0 Å². The van der Waals surface area contributed by atoms with Crippen molar-refractivity contribution in [3.8, 4) is 33.9 Å². The fourth-order valence-electron chi connectivity index (χ4n) is 4.46. The lowest BCUT2D eigenvalue weighted by atomic mass is 10.00. The van der Waals surface area contributed by atoms with Crippen molar-refractivity contribution in [2.24, 2.45) is 0 Å². The highest BCUT2D eigenvalue weighted by Gasteiger charge is 2.12. The topological polar surface area (TPSA) is 47.1 Å². The van der Waals surface area contributed by atoms with Crippen molar-refractivity contribution in [2.45, 2.75) is 6.61 Å². The predicted molar refractivity (Wildman–Crippen MR) is 142 cm³/mol. The van der Waals surface area contributed by atoms with Crippen molar-refractivity contribution < 1.29 is 9.47 Å². The maximum atomic E-state index is 6.02. The van der Waals surface area contributed by atoms with Gasteiger partial charge in [0.25, 0.3) is 0 Å². The van der Waals surface area contributed by atoms with Crippen LogP contribution in [0.4, 0.5) is 0 Å². The molecule has 4 heteroatoms. The lowest BCUT2D eigenvalue weighted by Gasteiger charge is -2.12. The molecule has 5 aromatic carbocycles. The molecule has 35 heavy (non-hydrogen) atoms. The lowest BCUT2D eigenvalue weighted by Crippen LogP contribution is -1.97. The van der Waals surface area contributed by atoms with Crippen molar-refractivity contribution in [3.63, 3.8) is 0 Å². The van der Waals surface area contributed by atoms with E-state index in [-0.39, 0.29) is 0 Å². The summed E-state index contributed by atoms with van der Waals surface area (Å²) in [4.78, 5) is 0. The minimum absolute atomic E-state index is 0.494. The van der Waals surface area contributed by atoms with E-state index in [0.29, 0.717) is 12.4 Å². The molecule has 0 aliphatic rings. The molecule has 0 spiro atoms. The van der Waals surface area contributed by atoms with Crippen molar-refractivity contribution in [2.75, 3.05) is 7.11 Å². The molecule has 4 nitrogen and oxygen atoms in total. The van der Waals surface area contributed by atoms with Crippen LogP contribution < -0.4 is 9.47 Å². The van der Waals surface area contributed by atoms with E-state index in [1.165, 1.54) is 10.8 Å². The number of rotatable bonds is 6. The van der Waals surface area contributed by atoms with E-state index in [2.05, 4.69) is 76.9 Å². The van der Waals surface area contributed by atoms with Gasteiger partial charge in [-0.3, -0.25) is 5.10 Å². The second-order valence-corrected chi connectivity index (χ2v) is 8.53. The second-order valence-electron chi connectivity index (χ2n) is 8.53. The lowest BCUT2D eigenvalue weighted by molar-refractivity contribution is 0.284. The third kappa shape index (κ3) is 4.11. The average molecular weight is 457 g/mol. The van der Waals surface area contributed by atoms with E-state index in [4.69, 9.17) is 9.47 Å². The van der Waals surface area contributed by atoms with E-state index < -0.39 is 0 Å². The van der Waals surface area contributed by atoms with E-state index in [0.717, 1.165) is 44.6 Å². The first-order chi connectivity index (χ1) is 17.3. The van der Waals surface area contributed by atoms with Crippen LogP contribution in [0.1, 0.15) is 5.56 Å². The van der Waals surface area contributed by atoms with Crippen LogP contribution in [0.5, 0.6) is 11.5 Å². The Kier molecular flexibility index (Phi) is 5.39. The average Bonchev–Trinajstić information content (AvgIpc) is 3.35. The van der Waals surface area contributed by atoms with Crippen LogP contribution in [0.25, 0.3) is 44.1 Å². The minimum atomic E-state index is 0.494. The molecule has 0 saturated heterocycles. The van der Waals surface area contributed by atoms with Gasteiger partial charge in [-0.25, -0.2) is 0 Å². The predicted octanol–water partition coefficient (Wildman–Crippen LogP) is 7.64. The van der Waals surface area contributed by atoms with Crippen LogP contribution in [0.2, 0.25) is 0 Å². The van der Waals surface area contributed by atoms with Gasteiger partial charge in [0.05, 0.1) is 18.3 Å². The number of hydrogen-bond acceptors (Lipinski definition) is 3. The van der Waals surface area contributed by atoms with Gasteiger partial charge in [-0.05, 0) is 57.8 Å². The van der Waals surface area contributed by atoms with Gasteiger partial charge in [0.15, 0.2) is 11.5 Å². The Morgan fingerprint density at radius 3 is 2.26 bits per heavy atom. The summed E-state index contributed by atoms with van der Waals surface area (Å²) in [6.45, 7) is 0.494. The third-order valence-electron chi connectivity index (χ3n) is 6.32. The molecule has 0 aliphatic carbocycles. The summed E-state index contributed by atoms with van der Waals surface area (Å²) in [5.41, 5.74) is 6.31. The van der Waals surface area contributed by atoms with E-state index in [1.807, 2.05) is 42.5 Å².